The van der Waals surface area contributed by atoms with E-state index < -0.39 is 23.4 Å². The topological polar surface area (TPSA) is 111 Å². The van der Waals surface area contributed by atoms with E-state index in [2.05, 4.69) is 10.6 Å². The molecule has 0 fully saturated rings. The largest absolute Gasteiger partial charge is 0.452 e. The van der Waals surface area contributed by atoms with E-state index in [4.69, 9.17) is 16.3 Å². The first-order valence-electron chi connectivity index (χ1n) is 7.55. The third kappa shape index (κ3) is 5.18. The molecule has 0 aliphatic heterocycles. The van der Waals surface area contributed by atoms with Crippen molar-refractivity contribution in [2.45, 2.75) is 6.54 Å². The van der Waals surface area contributed by atoms with Gasteiger partial charge in [0.05, 0.1) is 10.5 Å². The first-order chi connectivity index (χ1) is 12.4. The number of carbonyl (C=O) groups is 2. The van der Waals surface area contributed by atoms with Gasteiger partial charge in [0.2, 0.25) is 0 Å². The van der Waals surface area contributed by atoms with Crippen molar-refractivity contribution in [1.29, 1.82) is 0 Å². The zero-order valence-corrected chi connectivity index (χ0v) is 14.6. The minimum atomic E-state index is -0.834. The van der Waals surface area contributed by atoms with Crippen LogP contribution in [0.25, 0.3) is 0 Å². The molecule has 0 radical (unpaired) electrons. The number of hydrogen-bond acceptors (Lipinski definition) is 6. The Morgan fingerprint density at radius 3 is 2.50 bits per heavy atom. The molecule has 2 aromatic carbocycles. The second-order valence-electron chi connectivity index (χ2n) is 5.22. The summed E-state index contributed by atoms with van der Waals surface area (Å²) in [5, 5.41) is 16.8. The minimum absolute atomic E-state index is 0.0211. The Labute approximate surface area is 154 Å². The molecule has 0 aliphatic rings. The molecule has 136 valence electrons. The third-order valence-corrected chi connectivity index (χ3v) is 3.69. The van der Waals surface area contributed by atoms with Crippen LogP contribution >= 0.6 is 11.6 Å². The van der Waals surface area contributed by atoms with Crippen molar-refractivity contribution in [2.75, 3.05) is 19.0 Å². The molecule has 2 rings (SSSR count). The Hall–Kier alpha value is -3.13. The Balaban J connectivity index is 1.93. The lowest BCUT2D eigenvalue weighted by atomic mass is 10.1. The Kier molecular flexibility index (Phi) is 6.51. The Bertz CT molecular complexity index is 824. The number of hydrogen-bond donors (Lipinski definition) is 2. The van der Waals surface area contributed by atoms with E-state index in [0.29, 0.717) is 10.7 Å². The van der Waals surface area contributed by atoms with E-state index in [9.17, 15) is 19.7 Å². The molecule has 0 aromatic heterocycles. The van der Waals surface area contributed by atoms with Crippen molar-refractivity contribution >= 4 is 34.9 Å². The number of esters is 1. The normalized spacial score (nSPS) is 10.1. The summed E-state index contributed by atoms with van der Waals surface area (Å²) in [6.07, 6.45) is 0. The third-order valence-electron chi connectivity index (χ3n) is 3.44. The molecule has 0 saturated heterocycles. The predicted molar refractivity (Wildman–Crippen MR) is 96.2 cm³/mol. The summed E-state index contributed by atoms with van der Waals surface area (Å²) in [4.78, 5) is 34.2. The van der Waals surface area contributed by atoms with Crippen LogP contribution < -0.4 is 10.6 Å². The number of anilines is 1. The molecule has 2 N–H and O–H groups in total. The SMILES string of the molecule is CNc1ccc([N+](=O)[O-])cc1C(=O)OCC(=O)NCc1ccc(Cl)cc1. The number of halogens is 1. The Morgan fingerprint density at radius 2 is 1.88 bits per heavy atom. The number of benzene rings is 2. The highest BCUT2D eigenvalue weighted by Gasteiger charge is 2.18. The van der Waals surface area contributed by atoms with Gasteiger partial charge in [-0.3, -0.25) is 14.9 Å². The van der Waals surface area contributed by atoms with Crippen molar-refractivity contribution in [3.63, 3.8) is 0 Å². The lowest BCUT2D eigenvalue weighted by molar-refractivity contribution is -0.384. The first kappa shape index (κ1) is 19.2. The number of ether oxygens (including phenoxy) is 1. The molecule has 2 aromatic rings. The lowest BCUT2D eigenvalue weighted by Crippen LogP contribution is -2.28. The van der Waals surface area contributed by atoms with Gasteiger partial charge in [-0.25, -0.2) is 4.79 Å². The number of rotatable bonds is 7. The highest BCUT2D eigenvalue weighted by Crippen LogP contribution is 2.22. The van der Waals surface area contributed by atoms with Crippen molar-refractivity contribution in [2.24, 2.45) is 0 Å². The summed E-state index contributed by atoms with van der Waals surface area (Å²) in [6.45, 7) is -0.246. The highest BCUT2D eigenvalue weighted by atomic mass is 35.5. The van der Waals surface area contributed by atoms with Crippen LogP contribution in [0.1, 0.15) is 15.9 Å². The van der Waals surface area contributed by atoms with Crippen LogP contribution in [0.2, 0.25) is 5.02 Å². The highest BCUT2D eigenvalue weighted by molar-refractivity contribution is 6.30. The van der Waals surface area contributed by atoms with E-state index in [1.807, 2.05) is 0 Å². The summed E-state index contributed by atoms with van der Waals surface area (Å²) in [5.74, 6) is -1.33. The smallest absolute Gasteiger partial charge is 0.341 e. The van der Waals surface area contributed by atoms with Gasteiger partial charge in [-0.05, 0) is 23.8 Å². The average Bonchev–Trinajstić information content (AvgIpc) is 2.65. The fraction of sp³-hybridized carbons (Fsp3) is 0.176. The van der Waals surface area contributed by atoms with Crippen LogP contribution in [0.4, 0.5) is 11.4 Å². The zero-order valence-electron chi connectivity index (χ0n) is 13.8. The zero-order chi connectivity index (χ0) is 19.1. The maximum Gasteiger partial charge on any atom is 0.341 e. The number of nitrogens with zero attached hydrogens (tertiary/aromatic N) is 1. The van der Waals surface area contributed by atoms with E-state index in [1.165, 1.54) is 12.1 Å². The van der Waals surface area contributed by atoms with Crippen LogP contribution in [0, 0.1) is 10.1 Å². The van der Waals surface area contributed by atoms with Gasteiger partial charge in [0.25, 0.3) is 11.6 Å². The monoisotopic (exact) mass is 377 g/mol. The van der Waals surface area contributed by atoms with E-state index in [1.54, 1.807) is 31.3 Å². The minimum Gasteiger partial charge on any atom is -0.452 e. The second kappa shape index (κ2) is 8.82. The van der Waals surface area contributed by atoms with Crippen LogP contribution in [-0.2, 0) is 16.1 Å². The fourth-order valence-corrected chi connectivity index (χ4v) is 2.22. The predicted octanol–water partition coefficient (Wildman–Crippen LogP) is 2.76. The van der Waals surface area contributed by atoms with Crippen LogP contribution in [0.15, 0.2) is 42.5 Å². The average molecular weight is 378 g/mol. The van der Waals surface area contributed by atoms with Gasteiger partial charge in [-0.2, -0.15) is 0 Å². The molecule has 1 amide bonds. The first-order valence-corrected chi connectivity index (χ1v) is 7.93. The molecule has 0 saturated carbocycles. The molecule has 26 heavy (non-hydrogen) atoms. The van der Waals surface area contributed by atoms with Crippen LogP contribution in [-0.4, -0.2) is 30.5 Å². The quantitative estimate of drug-likeness (QED) is 0.436. The van der Waals surface area contributed by atoms with Gasteiger partial charge < -0.3 is 15.4 Å². The second-order valence-corrected chi connectivity index (χ2v) is 5.65. The number of nitro benzene ring substituents is 1. The summed E-state index contributed by atoms with van der Waals surface area (Å²) < 4.78 is 4.94. The molecule has 8 nitrogen and oxygen atoms in total. The molecule has 0 unspecified atom stereocenters. The maximum absolute atomic E-state index is 12.1. The fourth-order valence-electron chi connectivity index (χ4n) is 2.10. The van der Waals surface area contributed by atoms with Crippen LogP contribution in [0.3, 0.4) is 0 Å². The number of amides is 1. The lowest BCUT2D eigenvalue weighted by Gasteiger charge is -2.10. The van der Waals surface area contributed by atoms with E-state index in [0.717, 1.165) is 11.6 Å². The molecule has 0 heterocycles. The van der Waals surface area contributed by atoms with Crippen molar-refractivity contribution in [3.8, 4) is 0 Å². The summed E-state index contributed by atoms with van der Waals surface area (Å²) >= 11 is 5.78. The number of carbonyl (C=O) groups excluding carboxylic acids is 2. The van der Waals surface area contributed by atoms with Crippen molar-refractivity contribution in [1.82, 2.24) is 5.32 Å². The molecular weight excluding hydrogens is 362 g/mol. The molecule has 0 atom stereocenters. The van der Waals surface area contributed by atoms with E-state index >= 15 is 0 Å². The molecule has 0 spiro atoms. The van der Waals surface area contributed by atoms with Crippen LogP contribution in [0.5, 0.6) is 0 Å². The molecular formula is C17H16ClN3O5. The van der Waals surface area contributed by atoms with Crippen molar-refractivity contribution < 1.29 is 19.2 Å². The summed E-state index contributed by atoms with van der Waals surface area (Å²) in [7, 11) is 1.57. The van der Waals surface area contributed by atoms with Gasteiger partial charge in [-0.15, -0.1) is 0 Å². The number of non-ortho nitro benzene ring substituents is 1. The maximum atomic E-state index is 12.1. The molecule has 0 aliphatic carbocycles. The van der Waals surface area contributed by atoms with Gasteiger partial charge in [-0.1, -0.05) is 23.7 Å². The standard InChI is InChI=1S/C17H16ClN3O5/c1-19-15-7-6-13(21(24)25)8-14(15)17(23)26-10-16(22)20-9-11-2-4-12(18)5-3-11/h2-8,19H,9-10H2,1H3,(H,20,22). The summed E-state index contributed by atoms with van der Waals surface area (Å²) in [6, 6.07) is 10.7. The van der Waals surface area contributed by atoms with Gasteiger partial charge >= 0.3 is 5.97 Å². The van der Waals surface area contributed by atoms with Gasteiger partial charge in [0, 0.05) is 36.4 Å². The van der Waals surface area contributed by atoms with Crippen molar-refractivity contribution in [3.05, 3.63) is 68.7 Å². The van der Waals surface area contributed by atoms with E-state index in [-0.39, 0.29) is 17.8 Å². The number of nitro groups is 1. The van der Waals surface area contributed by atoms with Gasteiger partial charge in [0.1, 0.15) is 0 Å². The molecule has 9 heteroatoms. The Morgan fingerprint density at radius 1 is 1.19 bits per heavy atom. The van der Waals surface area contributed by atoms with Gasteiger partial charge in [0.15, 0.2) is 6.61 Å². The summed E-state index contributed by atoms with van der Waals surface area (Å²) in [5.41, 5.74) is 0.933. The molecule has 0 bridgehead atoms. The number of nitrogens with one attached hydrogen (secondary N) is 2.